The highest BCUT2D eigenvalue weighted by Crippen LogP contribution is 2.55. The molecule has 4 N–H and O–H groups in total. The lowest BCUT2D eigenvalue weighted by atomic mass is 9.76. The average Bonchev–Trinajstić information content (AvgIpc) is 3.33. The smallest absolute Gasteiger partial charge is 0.250 e. The van der Waals surface area contributed by atoms with Gasteiger partial charge in [0.15, 0.2) is 0 Å². The number of anilines is 2. The Balaban J connectivity index is 1.68. The van der Waals surface area contributed by atoms with Crippen LogP contribution < -0.4 is 21.3 Å². The molecule has 2 saturated heterocycles. The van der Waals surface area contributed by atoms with Crippen LogP contribution in [0, 0.1) is 32.6 Å². The van der Waals surface area contributed by atoms with Crippen molar-refractivity contribution in [3.63, 3.8) is 0 Å². The van der Waals surface area contributed by atoms with Gasteiger partial charge in [0.2, 0.25) is 23.6 Å². The van der Waals surface area contributed by atoms with E-state index in [-0.39, 0.29) is 18.7 Å². The number of benzene rings is 2. The minimum atomic E-state index is -1.45. The summed E-state index contributed by atoms with van der Waals surface area (Å²) in [6.45, 7) is 5.59. The first-order valence-corrected chi connectivity index (χ1v) is 11.6. The molecular weight excluding hydrogens is 456 g/mol. The van der Waals surface area contributed by atoms with Crippen molar-refractivity contribution in [2.75, 3.05) is 10.2 Å². The Labute approximate surface area is 201 Å². The second-order valence-corrected chi connectivity index (χ2v) is 9.88. The number of nitrogens with one attached hydrogen (secondary N) is 2. The summed E-state index contributed by atoms with van der Waals surface area (Å²) in [6.07, 6.45) is 0.253. The zero-order valence-corrected chi connectivity index (χ0v) is 19.8. The van der Waals surface area contributed by atoms with Crippen LogP contribution in [0.3, 0.4) is 0 Å². The number of aryl methyl sites for hydroxylation is 2. The van der Waals surface area contributed by atoms with E-state index in [1.54, 1.807) is 31.2 Å². The number of hydrogen-bond donors (Lipinski definition) is 3. The summed E-state index contributed by atoms with van der Waals surface area (Å²) < 4.78 is 0. The van der Waals surface area contributed by atoms with Crippen LogP contribution in [0.1, 0.15) is 35.1 Å². The molecule has 176 valence electrons. The molecule has 0 saturated carbocycles. The van der Waals surface area contributed by atoms with Crippen molar-refractivity contribution in [1.82, 2.24) is 5.32 Å². The Morgan fingerprint density at radius 2 is 1.76 bits per heavy atom. The molecule has 3 aliphatic heterocycles. The van der Waals surface area contributed by atoms with E-state index in [1.807, 2.05) is 19.9 Å². The second kappa shape index (κ2) is 7.65. The largest absolute Gasteiger partial charge is 0.370 e. The fraction of sp³-hybridized carbons (Fsp3) is 0.360. The monoisotopic (exact) mass is 480 g/mol. The number of fused-ring (bicyclic) bond motifs is 4. The number of nitrogens with zero attached hydrogens (tertiary/aromatic N) is 1. The first-order valence-electron chi connectivity index (χ1n) is 11.2. The third-order valence-corrected chi connectivity index (χ3v) is 7.66. The first kappa shape index (κ1) is 22.6. The zero-order chi connectivity index (χ0) is 24.5. The lowest BCUT2D eigenvalue weighted by Crippen LogP contribution is -2.53. The second-order valence-electron chi connectivity index (χ2n) is 9.47. The van der Waals surface area contributed by atoms with Gasteiger partial charge in [0.1, 0.15) is 5.54 Å². The molecule has 0 aromatic heterocycles. The van der Waals surface area contributed by atoms with Gasteiger partial charge in [0, 0.05) is 23.0 Å². The predicted molar refractivity (Wildman–Crippen MR) is 127 cm³/mol. The molecule has 0 radical (unpaired) electrons. The molecule has 0 bridgehead atoms. The third-order valence-electron chi connectivity index (χ3n) is 7.25. The SMILES string of the molecule is Cc1cc(C)cc(N2C(=O)[C@H]3[C@H](CCC(N)=O)N[C@]4(C(=O)Nc5c4ccc(Cl)c5C)[C@@H]3C2=O)c1. The number of rotatable bonds is 4. The quantitative estimate of drug-likeness (QED) is 0.580. The van der Waals surface area contributed by atoms with Crippen LogP contribution >= 0.6 is 11.6 Å². The number of halogens is 1. The highest BCUT2D eigenvalue weighted by atomic mass is 35.5. The van der Waals surface area contributed by atoms with Crippen LogP contribution in [0.2, 0.25) is 5.02 Å². The molecule has 2 aromatic rings. The van der Waals surface area contributed by atoms with Crippen molar-refractivity contribution in [2.24, 2.45) is 17.6 Å². The summed E-state index contributed by atoms with van der Waals surface area (Å²) in [4.78, 5) is 54.0. The predicted octanol–water partition coefficient (Wildman–Crippen LogP) is 2.46. The van der Waals surface area contributed by atoms with Crippen LogP contribution in [0.25, 0.3) is 0 Å². The topological polar surface area (TPSA) is 122 Å². The Kier molecular flexibility index (Phi) is 5.07. The first-order chi connectivity index (χ1) is 16.1. The van der Waals surface area contributed by atoms with Gasteiger partial charge in [-0.3, -0.25) is 24.5 Å². The van der Waals surface area contributed by atoms with E-state index in [2.05, 4.69) is 10.6 Å². The Bertz CT molecular complexity index is 1270. The van der Waals surface area contributed by atoms with Crippen molar-refractivity contribution >= 4 is 46.6 Å². The van der Waals surface area contributed by atoms with Crippen LogP contribution in [-0.4, -0.2) is 29.7 Å². The number of carbonyl (C=O) groups is 4. The maximum atomic E-state index is 13.9. The summed E-state index contributed by atoms with van der Waals surface area (Å²) in [6, 6.07) is 8.36. The van der Waals surface area contributed by atoms with Gasteiger partial charge in [-0.05, 0) is 62.1 Å². The molecular formula is C25H25ClN4O4. The van der Waals surface area contributed by atoms with Gasteiger partial charge < -0.3 is 11.1 Å². The summed E-state index contributed by atoms with van der Waals surface area (Å²) in [7, 11) is 0. The average molecular weight is 481 g/mol. The third kappa shape index (κ3) is 3.02. The molecule has 2 aromatic carbocycles. The van der Waals surface area contributed by atoms with E-state index < -0.39 is 41.1 Å². The molecule has 8 nitrogen and oxygen atoms in total. The molecule has 34 heavy (non-hydrogen) atoms. The number of primary amides is 1. The molecule has 0 aliphatic carbocycles. The van der Waals surface area contributed by atoms with Crippen LogP contribution in [0.5, 0.6) is 0 Å². The van der Waals surface area contributed by atoms with Gasteiger partial charge in [0.25, 0.3) is 0 Å². The normalized spacial score (nSPS) is 27.4. The van der Waals surface area contributed by atoms with Crippen LogP contribution in [0.15, 0.2) is 30.3 Å². The highest BCUT2D eigenvalue weighted by molar-refractivity contribution is 6.32. The van der Waals surface area contributed by atoms with Gasteiger partial charge >= 0.3 is 0 Å². The highest BCUT2D eigenvalue weighted by Gasteiger charge is 2.70. The van der Waals surface area contributed by atoms with Gasteiger partial charge in [-0.1, -0.05) is 23.7 Å². The van der Waals surface area contributed by atoms with Gasteiger partial charge in [-0.15, -0.1) is 0 Å². The molecule has 4 amide bonds. The van der Waals surface area contributed by atoms with Crippen molar-refractivity contribution in [3.05, 3.63) is 57.6 Å². The van der Waals surface area contributed by atoms with E-state index >= 15 is 0 Å². The summed E-state index contributed by atoms with van der Waals surface area (Å²) in [5.74, 6) is -3.54. The van der Waals surface area contributed by atoms with E-state index in [4.69, 9.17) is 17.3 Å². The van der Waals surface area contributed by atoms with E-state index in [0.29, 0.717) is 27.5 Å². The summed E-state index contributed by atoms with van der Waals surface area (Å²) >= 11 is 6.29. The lowest BCUT2D eigenvalue weighted by molar-refractivity contribution is -0.130. The van der Waals surface area contributed by atoms with Gasteiger partial charge in [-0.2, -0.15) is 0 Å². The van der Waals surface area contributed by atoms with Crippen molar-refractivity contribution < 1.29 is 19.2 Å². The Morgan fingerprint density at radius 1 is 1.09 bits per heavy atom. The van der Waals surface area contributed by atoms with E-state index in [0.717, 1.165) is 11.1 Å². The minimum Gasteiger partial charge on any atom is -0.370 e. The minimum absolute atomic E-state index is 0.0239. The van der Waals surface area contributed by atoms with Gasteiger partial charge in [0.05, 0.1) is 23.2 Å². The molecule has 5 rings (SSSR count). The number of amides is 4. The fourth-order valence-corrected chi connectivity index (χ4v) is 6.03. The molecule has 1 spiro atoms. The molecule has 0 unspecified atom stereocenters. The number of nitrogens with two attached hydrogens (primary N) is 1. The van der Waals surface area contributed by atoms with Crippen molar-refractivity contribution in [3.8, 4) is 0 Å². The van der Waals surface area contributed by atoms with E-state index in [1.165, 1.54) is 4.90 Å². The van der Waals surface area contributed by atoms with Gasteiger partial charge in [-0.25, -0.2) is 4.90 Å². The van der Waals surface area contributed by atoms with Crippen molar-refractivity contribution in [1.29, 1.82) is 0 Å². The molecule has 2 fully saturated rings. The standard InChI is InChI=1S/C25H25ClN4O4/c1-11-8-12(2)10-14(9-11)30-22(32)19-17(6-7-18(27)31)29-25(20(19)23(30)33)15-4-5-16(26)13(3)21(15)28-24(25)34/h4-5,8-10,17,19-20,29H,6-7H2,1-3H3,(H2,27,31)(H,28,34)/t17-,19-,20-,25-/m0/s1. The Hall–Kier alpha value is -3.23. The molecule has 3 aliphatic rings. The number of hydrogen-bond acceptors (Lipinski definition) is 5. The molecule has 4 atom stereocenters. The number of carbonyl (C=O) groups excluding carboxylic acids is 4. The summed E-state index contributed by atoms with van der Waals surface area (Å²) in [5, 5.41) is 6.67. The zero-order valence-electron chi connectivity index (χ0n) is 19.1. The molecule has 3 heterocycles. The van der Waals surface area contributed by atoms with Crippen LogP contribution in [0.4, 0.5) is 11.4 Å². The van der Waals surface area contributed by atoms with E-state index in [9.17, 15) is 19.2 Å². The van der Waals surface area contributed by atoms with Crippen LogP contribution in [-0.2, 0) is 24.7 Å². The van der Waals surface area contributed by atoms with Crippen molar-refractivity contribution in [2.45, 2.75) is 45.2 Å². The maximum absolute atomic E-state index is 13.9. The maximum Gasteiger partial charge on any atom is 0.250 e. The fourth-order valence-electron chi connectivity index (χ4n) is 5.87. The molecule has 9 heteroatoms. The number of imide groups is 1. The summed E-state index contributed by atoms with van der Waals surface area (Å²) in [5.41, 5.74) is 8.07. The Morgan fingerprint density at radius 3 is 2.41 bits per heavy atom. The lowest BCUT2D eigenvalue weighted by Gasteiger charge is -2.29.